The third kappa shape index (κ3) is 1.42. The standard InChI is InChI=1S/C8H7BrN2.ClH/c9-6-2-1-3-7-5(6)4-8(10)11-7;/h1-4,11H,10H2;1H. The van der Waals surface area contributed by atoms with E-state index in [1.807, 2.05) is 24.3 Å². The Kier molecular flexibility index (Phi) is 2.65. The zero-order valence-corrected chi connectivity index (χ0v) is 8.58. The highest BCUT2D eigenvalue weighted by Gasteiger charge is 1.99. The first-order chi connectivity index (χ1) is 5.27. The molecule has 0 saturated carbocycles. The monoisotopic (exact) mass is 246 g/mol. The number of aromatic amines is 1. The van der Waals surface area contributed by atoms with Crippen LogP contribution in [-0.4, -0.2) is 4.98 Å². The smallest absolute Gasteiger partial charge is 0.101 e. The van der Waals surface area contributed by atoms with E-state index in [4.69, 9.17) is 5.73 Å². The average Bonchev–Trinajstić information content (AvgIpc) is 2.31. The quantitative estimate of drug-likeness (QED) is 0.738. The summed E-state index contributed by atoms with van der Waals surface area (Å²) in [6.07, 6.45) is 0. The number of hydrogen-bond donors (Lipinski definition) is 2. The van der Waals surface area contributed by atoms with E-state index in [1.54, 1.807) is 0 Å². The second kappa shape index (κ2) is 3.37. The van der Waals surface area contributed by atoms with Crippen LogP contribution in [0.15, 0.2) is 28.7 Å². The molecule has 0 aliphatic rings. The Morgan fingerprint density at radius 3 is 2.75 bits per heavy atom. The normalized spacial score (nSPS) is 9.75. The fraction of sp³-hybridized carbons (Fsp3) is 0. The van der Waals surface area contributed by atoms with Crippen molar-refractivity contribution in [2.45, 2.75) is 0 Å². The third-order valence-electron chi connectivity index (χ3n) is 1.63. The van der Waals surface area contributed by atoms with E-state index in [2.05, 4.69) is 20.9 Å². The van der Waals surface area contributed by atoms with E-state index in [9.17, 15) is 0 Å². The molecule has 0 amide bonds. The number of aromatic nitrogens is 1. The highest BCUT2D eigenvalue weighted by atomic mass is 79.9. The summed E-state index contributed by atoms with van der Waals surface area (Å²) < 4.78 is 1.07. The summed E-state index contributed by atoms with van der Waals surface area (Å²) in [6.45, 7) is 0. The highest BCUT2D eigenvalue weighted by molar-refractivity contribution is 9.10. The number of rotatable bonds is 0. The molecule has 2 rings (SSSR count). The van der Waals surface area contributed by atoms with Crippen LogP contribution < -0.4 is 5.73 Å². The zero-order chi connectivity index (χ0) is 7.84. The van der Waals surface area contributed by atoms with Gasteiger partial charge in [0.05, 0.1) is 0 Å². The van der Waals surface area contributed by atoms with Gasteiger partial charge in [-0.05, 0) is 18.2 Å². The van der Waals surface area contributed by atoms with Gasteiger partial charge in [0.15, 0.2) is 0 Å². The van der Waals surface area contributed by atoms with Gasteiger partial charge in [0.25, 0.3) is 0 Å². The van der Waals surface area contributed by atoms with Crippen LogP contribution in [0.3, 0.4) is 0 Å². The van der Waals surface area contributed by atoms with Gasteiger partial charge in [-0.15, -0.1) is 12.4 Å². The molecular formula is C8H8BrClN2. The van der Waals surface area contributed by atoms with Crippen molar-refractivity contribution in [1.82, 2.24) is 4.98 Å². The highest BCUT2D eigenvalue weighted by Crippen LogP contribution is 2.24. The zero-order valence-electron chi connectivity index (χ0n) is 6.17. The topological polar surface area (TPSA) is 41.8 Å². The summed E-state index contributed by atoms with van der Waals surface area (Å²) in [7, 11) is 0. The Bertz CT molecular complexity index is 397. The molecule has 12 heavy (non-hydrogen) atoms. The number of benzene rings is 1. The van der Waals surface area contributed by atoms with Gasteiger partial charge in [-0.2, -0.15) is 0 Å². The van der Waals surface area contributed by atoms with Gasteiger partial charge in [-0.3, -0.25) is 0 Å². The lowest BCUT2D eigenvalue weighted by Crippen LogP contribution is -1.80. The van der Waals surface area contributed by atoms with Crippen molar-refractivity contribution in [2.75, 3.05) is 5.73 Å². The van der Waals surface area contributed by atoms with Crippen molar-refractivity contribution < 1.29 is 0 Å². The molecule has 2 nitrogen and oxygen atoms in total. The summed E-state index contributed by atoms with van der Waals surface area (Å²) in [5.74, 6) is 0.701. The lowest BCUT2D eigenvalue weighted by molar-refractivity contribution is 1.47. The first-order valence-electron chi connectivity index (χ1n) is 3.30. The van der Waals surface area contributed by atoms with Crippen molar-refractivity contribution in [3.63, 3.8) is 0 Å². The molecule has 1 aromatic carbocycles. The van der Waals surface area contributed by atoms with E-state index >= 15 is 0 Å². The van der Waals surface area contributed by atoms with Crippen LogP contribution in [0.5, 0.6) is 0 Å². The minimum Gasteiger partial charge on any atom is -0.385 e. The van der Waals surface area contributed by atoms with Crippen LogP contribution in [-0.2, 0) is 0 Å². The molecular weight excluding hydrogens is 239 g/mol. The van der Waals surface area contributed by atoms with Crippen molar-refractivity contribution in [3.8, 4) is 0 Å². The minimum atomic E-state index is 0. The maximum Gasteiger partial charge on any atom is 0.101 e. The SMILES string of the molecule is Cl.Nc1cc2c(Br)cccc2[nH]1. The van der Waals surface area contributed by atoms with Crippen molar-refractivity contribution in [2.24, 2.45) is 0 Å². The van der Waals surface area contributed by atoms with Crippen LogP contribution in [0.2, 0.25) is 0 Å². The van der Waals surface area contributed by atoms with E-state index < -0.39 is 0 Å². The van der Waals surface area contributed by atoms with Crippen molar-refractivity contribution >= 4 is 45.1 Å². The Labute approximate surface area is 84.7 Å². The number of halogens is 2. The number of anilines is 1. The van der Waals surface area contributed by atoms with Gasteiger partial charge in [-0.25, -0.2) is 0 Å². The molecule has 0 radical (unpaired) electrons. The van der Waals surface area contributed by atoms with E-state index in [0.717, 1.165) is 15.4 Å². The molecule has 4 heteroatoms. The van der Waals surface area contributed by atoms with Gasteiger partial charge in [0.1, 0.15) is 5.82 Å². The number of nitrogens with one attached hydrogen (secondary N) is 1. The fourth-order valence-corrected chi connectivity index (χ4v) is 1.62. The van der Waals surface area contributed by atoms with Crippen LogP contribution in [0.25, 0.3) is 10.9 Å². The predicted molar refractivity (Wildman–Crippen MR) is 57.7 cm³/mol. The molecule has 0 saturated heterocycles. The second-order valence-corrected chi connectivity index (χ2v) is 3.28. The molecule has 0 aliphatic carbocycles. The molecule has 0 fully saturated rings. The van der Waals surface area contributed by atoms with Gasteiger partial charge in [-0.1, -0.05) is 22.0 Å². The Hall–Kier alpha value is -0.670. The van der Waals surface area contributed by atoms with Gasteiger partial charge < -0.3 is 10.7 Å². The summed E-state index contributed by atoms with van der Waals surface area (Å²) >= 11 is 3.43. The fourth-order valence-electron chi connectivity index (χ4n) is 1.14. The lowest BCUT2D eigenvalue weighted by Gasteiger charge is -1.90. The lowest BCUT2D eigenvalue weighted by atomic mass is 10.2. The maximum absolute atomic E-state index is 5.58. The number of fused-ring (bicyclic) bond motifs is 1. The molecule has 1 aromatic heterocycles. The van der Waals surface area contributed by atoms with E-state index in [-0.39, 0.29) is 12.4 Å². The van der Waals surface area contributed by atoms with Crippen LogP contribution in [0.1, 0.15) is 0 Å². The first kappa shape index (κ1) is 9.42. The molecule has 3 N–H and O–H groups in total. The van der Waals surface area contributed by atoms with Gasteiger partial charge in [0, 0.05) is 15.4 Å². The second-order valence-electron chi connectivity index (χ2n) is 2.43. The molecule has 1 heterocycles. The molecule has 0 bridgehead atoms. The van der Waals surface area contributed by atoms with Crippen LogP contribution in [0, 0.1) is 0 Å². The van der Waals surface area contributed by atoms with E-state index in [1.165, 1.54) is 0 Å². The number of H-pyrrole nitrogens is 1. The molecule has 0 unspecified atom stereocenters. The van der Waals surface area contributed by atoms with Crippen molar-refractivity contribution in [1.29, 1.82) is 0 Å². The number of hydrogen-bond acceptors (Lipinski definition) is 1. The van der Waals surface area contributed by atoms with Gasteiger partial charge >= 0.3 is 0 Å². The summed E-state index contributed by atoms with van der Waals surface area (Å²) in [5, 5.41) is 1.13. The summed E-state index contributed by atoms with van der Waals surface area (Å²) in [5.41, 5.74) is 6.65. The molecule has 0 spiro atoms. The molecule has 0 aliphatic heterocycles. The molecule has 64 valence electrons. The molecule has 0 atom stereocenters. The third-order valence-corrected chi connectivity index (χ3v) is 2.32. The Morgan fingerprint density at radius 1 is 1.33 bits per heavy atom. The minimum absolute atomic E-state index is 0. The number of nitrogen functional groups attached to an aromatic ring is 1. The van der Waals surface area contributed by atoms with E-state index in [0.29, 0.717) is 5.82 Å². The molecule has 2 aromatic rings. The number of nitrogens with two attached hydrogens (primary N) is 1. The Balaban J connectivity index is 0.000000720. The van der Waals surface area contributed by atoms with Crippen LogP contribution in [0.4, 0.5) is 5.82 Å². The summed E-state index contributed by atoms with van der Waals surface area (Å²) in [4.78, 5) is 3.05. The maximum atomic E-state index is 5.58. The summed E-state index contributed by atoms with van der Waals surface area (Å²) in [6, 6.07) is 7.88. The largest absolute Gasteiger partial charge is 0.385 e. The first-order valence-corrected chi connectivity index (χ1v) is 4.09. The van der Waals surface area contributed by atoms with Crippen LogP contribution >= 0.6 is 28.3 Å². The van der Waals surface area contributed by atoms with Gasteiger partial charge in [0.2, 0.25) is 0 Å². The Morgan fingerprint density at radius 2 is 2.08 bits per heavy atom. The van der Waals surface area contributed by atoms with Crippen molar-refractivity contribution in [3.05, 3.63) is 28.7 Å². The average molecular weight is 248 g/mol. The predicted octanol–water partition coefficient (Wildman–Crippen LogP) is 2.93.